The summed E-state index contributed by atoms with van der Waals surface area (Å²) in [5.41, 5.74) is 26.9. The van der Waals surface area contributed by atoms with E-state index in [9.17, 15) is 0 Å². The van der Waals surface area contributed by atoms with E-state index in [0.717, 1.165) is 29.3 Å². The molecule has 4 heteroatoms. The van der Waals surface area contributed by atoms with Gasteiger partial charge >= 0.3 is 0 Å². The van der Waals surface area contributed by atoms with Gasteiger partial charge in [0.1, 0.15) is 0 Å². The van der Waals surface area contributed by atoms with Gasteiger partial charge in [-0.05, 0) is 30.4 Å². The quantitative estimate of drug-likeness (QED) is 0.623. The van der Waals surface area contributed by atoms with Crippen molar-refractivity contribution in [3.05, 3.63) is 59.8 Å². The Morgan fingerprint density at radius 1 is 0.960 bits per heavy atom. The van der Waals surface area contributed by atoms with E-state index in [-0.39, 0.29) is 5.54 Å². The molecule has 4 nitrogen and oxygen atoms in total. The minimum Gasteiger partial charge on any atom is -0.401 e. The number of benzene rings is 2. The number of fused-ring (bicyclic) bond motifs is 1. The first-order valence-electron chi connectivity index (χ1n) is 8.83. The molecule has 1 aliphatic rings. The van der Waals surface area contributed by atoms with Crippen molar-refractivity contribution in [2.24, 2.45) is 17.4 Å². The summed E-state index contributed by atoms with van der Waals surface area (Å²) in [4.78, 5) is 0. The average Bonchev–Trinajstić information content (AvgIpc) is 2.64. The van der Waals surface area contributed by atoms with E-state index in [4.69, 9.17) is 22.9 Å². The number of hydrogen-bond donors (Lipinski definition) is 4. The van der Waals surface area contributed by atoms with Crippen LogP contribution in [0.15, 0.2) is 59.8 Å². The highest BCUT2D eigenvalue weighted by atomic mass is 14.8. The number of nitrogens with two attached hydrogens (primary N) is 4. The van der Waals surface area contributed by atoms with Gasteiger partial charge in [-0.1, -0.05) is 62.8 Å². The molecule has 2 aromatic carbocycles. The van der Waals surface area contributed by atoms with Crippen LogP contribution in [0.1, 0.15) is 33.6 Å². The number of anilines is 2. The molecule has 0 saturated heterocycles. The van der Waals surface area contributed by atoms with E-state index >= 15 is 0 Å². The summed E-state index contributed by atoms with van der Waals surface area (Å²) < 4.78 is 0. The SMILES string of the molecule is CCC1=CC=C(N)C(N)(CC)C1C.Nc1ccc2ccccc2c1N. The summed E-state index contributed by atoms with van der Waals surface area (Å²) in [6.45, 7) is 6.42. The normalized spacial score (nSPS) is 22.6. The van der Waals surface area contributed by atoms with Crippen LogP contribution in [0.25, 0.3) is 10.8 Å². The molecular weight excluding hydrogens is 308 g/mol. The van der Waals surface area contributed by atoms with Crippen molar-refractivity contribution in [2.75, 3.05) is 11.5 Å². The molecule has 2 atom stereocenters. The predicted molar refractivity (Wildman–Crippen MR) is 110 cm³/mol. The Labute approximate surface area is 150 Å². The second-order valence-electron chi connectivity index (χ2n) is 6.62. The molecule has 0 bridgehead atoms. The lowest BCUT2D eigenvalue weighted by atomic mass is 9.73. The number of hydrogen-bond acceptors (Lipinski definition) is 4. The zero-order valence-electron chi connectivity index (χ0n) is 15.4. The molecule has 134 valence electrons. The first-order valence-corrected chi connectivity index (χ1v) is 8.83. The fraction of sp³-hybridized carbons (Fsp3) is 0.333. The molecule has 8 N–H and O–H groups in total. The fourth-order valence-electron chi connectivity index (χ4n) is 3.32. The lowest BCUT2D eigenvalue weighted by Crippen LogP contribution is -2.51. The van der Waals surface area contributed by atoms with Gasteiger partial charge in [0.2, 0.25) is 0 Å². The van der Waals surface area contributed by atoms with Crippen molar-refractivity contribution in [3.8, 4) is 0 Å². The molecule has 1 aliphatic carbocycles. The van der Waals surface area contributed by atoms with Gasteiger partial charge < -0.3 is 22.9 Å². The average molecular weight is 338 g/mol. The van der Waals surface area contributed by atoms with Gasteiger partial charge in [0.15, 0.2) is 0 Å². The minimum absolute atomic E-state index is 0.319. The summed E-state index contributed by atoms with van der Waals surface area (Å²) in [5.74, 6) is 0.368. The van der Waals surface area contributed by atoms with Crippen molar-refractivity contribution >= 4 is 22.1 Å². The second kappa shape index (κ2) is 7.62. The van der Waals surface area contributed by atoms with Crippen molar-refractivity contribution in [2.45, 2.75) is 39.2 Å². The molecule has 2 unspecified atom stereocenters. The maximum Gasteiger partial charge on any atom is 0.0627 e. The zero-order valence-corrected chi connectivity index (χ0v) is 15.4. The van der Waals surface area contributed by atoms with Crippen LogP contribution in [0.5, 0.6) is 0 Å². The largest absolute Gasteiger partial charge is 0.401 e. The van der Waals surface area contributed by atoms with Gasteiger partial charge in [0.05, 0.1) is 16.9 Å². The topological polar surface area (TPSA) is 104 Å². The second-order valence-corrected chi connectivity index (χ2v) is 6.62. The van der Waals surface area contributed by atoms with Crippen LogP contribution < -0.4 is 22.9 Å². The third-order valence-corrected chi connectivity index (χ3v) is 5.34. The lowest BCUT2D eigenvalue weighted by molar-refractivity contribution is 0.355. The molecule has 0 aliphatic heterocycles. The van der Waals surface area contributed by atoms with Crippen molar-refractivity contribution in [3.63, 3.8) is 0 Å². The third-order valence-electron chi connectivity index (χ3n) is 5.34. The van der Waals surface area contributed by atoms with Gasteiger partial charge in [0, 0.05) is 17.0 Å². The van der Waals surface area contributed by atoms with Crippen LogP contribution in [0.3, 0.4) is 0 Å². The van der Waals surface area contributed by atoms with Crippen LogP contribution in [0.2, 0.25) is 0 Å². The minimum atomic E-state index is -0.319. The Morgan fingerprint density at radius 2 is 1.64 bits per heavy atom. The van der Waals surface area contributed by atoms with Gasteiger partial charge in [-0.2, -0.15) is 0 Å². The van der Waals surface area contributed by atoms with Gasteiger partial charge in [-0.15, -0.1) is 0 Å². The van der Waals surface area contributed by atoms with E-state index < -0.39 is 0 Å². The van der Waals surface area contributed by atoms with Crippen LogP contribution in [0.4, 0.5) is 11.4 Å². The zero-order chi connectivity index (χ0) is 18.6. The third kappa shape index (κ3) is 3.64. The molecular formula is C21H30N4. The highest BCUT2D eigenvalue weighted by Gasteiger charge is 2.35. The molecule has 25 heavy (non-hydrogen) atoms. The van der Waals surface area contributed by atoms with Crippen LogP contribution >= 0.6 is 0 Å². The Morgan fingerprint density at radius 3 is 2.28 bits per heavy atom. The van der Waals surface area contributed by atoms with E-state index in [1.54, 1.807) is 0 Å². The van der Waals surface area contributed by atoms with Crippen molar-refractivity contribution < 1.29 is 0 Å². The Hall–Kier alpha value is -2.46. The maximum absolute atomic E-state index is 6.28. The number of allylic oxidation sites excluding steroid dienone is 2. The van der Waals surface area contributed by atoms with Crippen LogP contribution in [-0.4, -0.2) is 5.54 Å². The van der Waals surface area contributed by atoms with Gasteiger partial charge in [0.25, 0.3) is 0 Å². The Bertz CT molecular complexity index is 807. The summed E-state index contributed by atoms with van der Waals surface area (Å²) >= 11 is 0. The Balaban J connectivity index is 0.000000181. The first-order chi connectivity index (χ1) is 11.8. The molecule has 2 aromatic rings. The van der Waals surface area contributed by atoms with Crippen molar-refractivity contribution in [1.82, 2.24) is 0 Å². The fourth-order valence-corrected chi connectivity index (χ4v) is 3.32. The molecule has 0 fully saturated rings. The maximum atomic E-state index is 6.28. The Kier molecular flexibility index (Phi) is 5.75. The van der Waals surface area contributed by atoms with Crippen molar-refractivity contribution in [1.29, 1.82) is 0 Å². The summed E-state index contributed by atoms with van der Waals surface area (Å²) in [5, 5.41) is 2.15. The summed E-state index contributed by atoms with van der Waals surface area (Å²) in [6.07, 6.45) is 6.03. The lowest BCUT2D eigenvalue weighted by Gasteiger charge is -2.39. The standard InChI is InChI=1S/C11H20N2.C10H10N2/c1-4-9-6-7-10(12)11(13,5-2)8(9)3;11-9-6-5-7-3-1-2-4-8(7)10(9)12/h6-8H,4-5,12-13H2,1-3H3;1-6H,11-12H2. The molecule has 0 aromatic heterocycles. The monoisotopic (exact) mass is 338 g/mol. The van der Waals surface area contributed by atoms with E-state index in [1.807, 2.05) is 42.5 Å². The predicted octanol–water partition coefficient (Wildman–Crippen LogP) is 3.93. The molecule has 0 heterocycles. The summed E-state index contributed by atoms with van der Waals surface area (Å²) in [7, 11) is 0. The molecule has 0 spiro atoms. The first kappa shape index (κ1) is 18.9. The van der Waals surface area contributed by atoms with Crippen LogP contribution in [-0.2, 0) is 0 Å². The molecule has 3 rings (SSSR count). The highest BCUT2D eigenvalue weighted by molar-refractivity contribution is 5.98. The molecule has 0 amide bonds. The smallest absolute Gasteiger partial charge is 0.0627 e. The summed E-state index contributed by atoms with van der Waals surface area (Å²) in [6, 6.07) is 11.7. The number of rotatable bonds is 2. The highest BCUT2D eigenvalue weighted by Crippen LogP contribution is 2.34. The number of nitrogen functional groups attached to an aromatic ring is 2. The van der Waals surface area contributed by atoms with Gasteiger partial charge in [-0.25, -0.2) is 0 Å². The van der Waals surface area contributed by atoms with E-state index in [1.165, 1.54) is 5.57 Å². The molecule has 0 saturated carbocycles. The van der Waals surface area contributed by atoms with E-state index in [2.05, 4.69) is 26.8 Å². The van der Waals surface area contributed by atoms with Gasteiger partial charge in [-0.3, -0.25) is 0 Å². The molecule has 0 radical (unpaired) electrons. The van der Waals surface area contributed by atoms with Crippen LogP contribution in [0, 0.1) is 5.92 Å². The van der Waals surface area contributed by atoms with E-state index in [0.29, 0.717) is 17.3 Å².